The third kappa shape index (κ3) is 1.01. The van der Waals surface area contributed by atoms with Crippen LogP contribution in [0.25, 0.3) is 0 Å². The van der Waals surface area contributed by atoms with Crippen LogP contribution < -0.4 is 0 Å². The van der Waals surface area contributed by atoms with Crippen molar-refractivity contribution in [2.24, 2.45) is 0 Å². The minimum Gasteiger partial charge on any atom is -0.391 e. The van der Waals surface area contributed by atoms with Crippen molar-refractivity contribution >= 4 is 0 Å². The first-order valence-electron chi connectivity index (χ1n) is 3.09. The van der Waals surface area contributed by atoms with E-state index in [2.05, 4.69) is 6.92 Å². The molecule has 0 unspecified atom stereocenters. The van der Waals surface area contributed by atoms with Crippen molar-refractivity contribution in [3.8, 4) is 0 Å². The average Bonchev–Trinajstić information content (AvgIpc) is 2.42. The molecule has 2 heteroatoms. The molecule has 1 fully saturated rings. The van der Waals surface area contributed by atoms with Crippen LogP contribution in [-0.2, 0) is 4.74 Å². The van der Waals surface area contributed by atoms with Crippen LogP contribution in [0.15, 0.2) is 0 Å². The molecule has 0 radical (unpaired) electrons. The van der Waals surface area contributed by atoms with Gasteiger partial charge in [0, 0.05) is 0 Å². The summed E-state index contributed by atoms with van der Waals surface area (Å²) in [5, 5.41) is 8.87. The second kappa shape index (κ2) is 2.03. The van der Waals surface area contributed by atoms with Crippen LogP contribution in [-0.4, -0.2) is 23.4 Å². The van der Waals surface area contributed by atoms with Crippen LogP contribution >= 0.6 is 0 Å². The SMILES string of the molecule is CC[C@@H]1O[C@H]1[C@@H](C)O. The number of aliphatic hydroxyl groups is 1. The maximum atomic E-state index is 8.87. The molecule has 0 bridgehead atoms. The van der Waals surface area contributed by atoms with Crippen molar-refractivity contribution in [2.45, 2.75) is 38.6 Å². The topological polar surface area (TPSA) is 32.8 Å². The molecule has 3 atom stereocenters. The van der Waals surface area contributed by atoms with Crippen LogP contribution in [0, 0.1) is 0 Å². The van der Waals surface area contributed by atoms with Crippen LogP contribution in [0.4, 0.5) is 0 Å². The van der Waals surface area contributed by atoms with E-state index in [0.717, 1.165) is 6.42 Å². The Hall–Kier alpha value is -0.0800. The van der Waals surface area contributed by atoms with Crippen molar-refractivity contribution in [1.29, 1.82) is 0 Å². The van der Waals surface area contributed by atoms with Crippen LogP contribution in [0.5, 0.6) is 0 Å². The number of ether oxygens (including phenoxy) is 1. The van der Waals surface area contributed by atoms with Gasteiger partial charge in [-0.25, -0.2) is 0 Å². The molecule has 1 saturated heterocycles. The molecule has 0 spiro atoms. The highest BCUT2D eigenvalue weighted by Crippen LogP contribution is 2.27. The van der Waals surface area contributed by atoms with E-state index in [0.29, 0.717) is 6.10 Å². The van der Waals surface area contributed by atoms with E-state index in [-0.39, 0.29) is 12.2 Å². The third-order valence-corrected chi connectivity index (χ3v) is 1.50. The summed E-state index contributed by atoms with van der Waals surface area (Å²) >= 11 is 0. The van der Waals surface area contributed by atoms with Crippen molar-refractivity contribution in [3.63, 3.8) is 0 Å². The van der Waals surface area contributed by atoms with E-state index < -0.39 is 0 Å². The second-order valence-electron chi connectivity index (χ2n) is 2.29. The fourth-order valence-corrected chi connectivity index (χ4v) is 0.909. The van der Waals surface area contributed by atoms with Gasteiger partial charge in [0.15, 0.2) is 0 Å². The molecule has 0 aromatic rings. The Morgan fingerprint density at radius 2 is 2.38 bits per heavy atom. The standard InChI is InChI=1S/C6H12O2/c1-3-5-6(8-5)4(2)7/h4-7H,3H2,1-2H3/t4-,5+,6+/m1/s1. The Kier molecular flexibility index (Phi) is 1.54. The van der Waals surface area contributed by atoms with Gasteiger partial charge in [0.25, 0.3) is 0 Å². The Morgan fingerprint density at radius 3 is 2.50 bits per heavy atom. The van der Waals surface area contributed by atoms with Crippen LogP contribution in [0.1, 0.15) is 20.3 Å². The van der Waals surface area contributed by atoms with Gasteiger partial charge < -0.3 is 9.84 Å². The van der Waals surface area contributed by atoms with E-state index in [1.54, 1.807) is 6.92 Å². The summed E-state index contributed by atoms with van der Waals surface area (Å²) in [5.41, 5.74) is 0. The van der Waals surface area contributed by atoms with Crippen molar-refractivity contribution in [2.75, 3.05) is 0 Å². The lowest BCUT2D eigenvalue weighted by Gasteiger charge is -1.93. The molecule has 0 aromatic carbocycles. The van der Waals surface area contributed by atoms with E-state index in [1.165, 1.54) is 0 Å². The molecule has 1 aliphatic rings. The first-order chi connectivity index (χ1) is 3.75. The van der Waals surface area contributed by atoms with E-state index >= 15 is 0 Å². The van der Waals surface area contributed by atoms with Gasteiger partial charge in [-0.2, -0.15) is 0 Å². The zero-order valence-electron chi connectivity index (χ0n) is 5.29. The average molecular weight is 116 g/mol. The largest absolute Gasteiger partial charge is 0.391 e. The molecule has 1 rings (SSSR count). The molecule has 1 N–H and O–H groups in total. The maximum absolute atomic E-state index is 8.87. The highest BCUT2D eigenvalue weighted by molar-refractivity contribution is 4.87. The molecule has 2 nitrogen and oxygen atoms in total. The summed E-state index contributed by atoms with van der Waals surface area (Å²) in [4.78, 5) is 0. The van der Waals surface area contributed by atoms with Gasteiger partial charge in [0.2, 0.25) is 0 Å². The number of rotatable bonds is 2. The van der Waals surface area contributed by atoms with Gasteiger partial charge in [-0.15, -0.1) is 0 Å². The predicted octanol–water partition coefficient (Wildman–Crippen LogP) is 0.545. The van der Waals surface area contributed by atoms with Gasteiger partial charge in [0.1, 0.15) is 6.10 Å². The number of aliphatic hydroxyl groups excluding tert-OH is 1. The molecule has 8 heavy (non-hydrogen) atoms. The zero-order chi connectivity index (χ0) is 6.15. The second-order valence-corrected chi connectivity index (χ2v) is 2.29. The molecule has 48 valence electrons. The minimum absolute atomic E-state index is 0.139. The molecule has 1 heterocycles. The number of hydrogen-bond donors (Lipinski definition) is 1. The predicted molar refractivity (Wildman–Crippen MR) is 30.6 cm³/mol. The first kappa shape index (κ1) is 6.05. The summed E-state index contributed by atoms with van der Waals surface area (Å²) in [6.45, 7) is 3.83. The highest BCUT2D eigenvalue weighted by Gasteiger charge is 2.40. The normalized spacial score (nSPS) is 39.4. The fourth-order valence-electron chi connectivity index (χ4n) is 0.909. The Balaban J connectivity index is 2.16. The van der Waals surface area contributed by atoms with E-state index in [1.807, 2.05) is 0 Å². The smallest absolute Gasteiger partial charge is 0.110 e. The number of epoxide rings is 1. The molecule has 1 aliphatic heterocycles. The Bertz CT molecular complexity index is 80.6. The van der Waals surface area contributed by atoms with Gasteiger partial charge >= 0.3 is 0 Å². The van der Waals surface area contributed by atoms with E-state index in [9.17, 15) is 0 Å². The quantitative estimate of drug-likeness (QED) is 0.534. The van der Waals surface area contributed by atoms with Gasteiger partial charge in [0.05, 0.1) is 12.2 Å². The molecule has 0 aliphatic carbocycles. The van der Waals surface area contributed by atoms with Crippen LogP contribution in [0.2, 0.25) is 0 Å². The lowest BCUT2D eigenvalue weighted by Crippen LogP contribution is -2.10. The molecule has 0 saturated carbocycles. The van der Waals surface area contributed by atoms with Crippen molar-refractivity contribution < 1.29 is 9.84 Å². The first-order valence-corrected chi connectivity index (χ1v) is 3.09. The van der Waals surface area contributed by atoms with Crippen molar-refractivity contribution in [1.82, 2.24) is 0 Å². The van der Waals surface area contributed by atoms with Gasteiger partial charge in [-0.05, 0) is 13.3 Å². The highest BCUT2D eigenvalue weighted by atomic mass is 16.6. The minimum atomic E-state index is -0.278. The maximum Gasteiger partial charge on any atom is 0.110 e. The lowest BCUT2D eigenvalue weighted by atomic mass is 10.2. The summed E-state index contributed by atoms with van der Waals surface area (Å²) < 4.78 is 5.08. The molecular weight excluding hydrogens is 104 g/mol. The lowest BCUT2D eigenvalue weighted by molar-refractivity contribution is 0.152. The number of hydrogen-bond acceptors (Lipinski definition) is 2. The van der Waals surface area contributed by atoms with Crippen LogP contribution in [0.3, 0.4) is 0 Å². The summed E-state index contributed by atoms with van der Waals surface area (Å²) in [6, 6.07) is 0. The Morgan fingerprint density at radius 1 is 1.75 bits per heavy atom. The Labute approximate surface area is 49.5 Å². The summed E-state index contributed by atoms with van der Waals surface area (Å²) in [6.07, 6.45) is 1.23. The summed E-state index contributed by atoms with van der Waals surface area (Å²) in [5.74, 6) is 0. The van der Waals surface area contributed by atoms with Gasteiger partial charge in [-0.1, -0.05) is 6.92 Å². The third-order valence-electron chi connectivity index (χ3n) is 1.50. The monoisotopic (exact) mass is 116 g/mol. The fraction of sp³-hybridized carbons (Fsp3) is 1.00. The molecule has 0 aromatic heterocycles. The molecular formula is C6H12O2. The molecule has 0 amide bonds. The van der Waals surface area contributed by atoms with Crippen molar-refractivity contribution in [3.05, 3.63) is 0 Å². The zero-order valence-corrected chi connectivity index (χ0v) is 5.29. The van der Waals surface area contributed by atoms with E-state index in [4.69, 9.17) is 9.84 Å². The summed E-state index contributed by atoms with van der Waals surface area (Å²) in [7, 11) is 0. The van der Waals surface area contributed by atoms with Gasteiger partial charge in [-0.3, -0.25) is 0 Å².